The van der Waals surface area contributed by atoms with E-state index >= 15 is 0 Å². The first-order valence-corrected chi connectivity index (χ1v) is 6.83. The topological polar surface area (TPSA) is 50.4 Å². The highest BCUT2D eigenvalue weighted by Crippen LogP contribution is 2.17. The Balaban J connectivity index is 2.04. The van der Waals surface area contributed by atoms with Crippen LogP contribution < -0.4 is 15.4 Å². The molecule has 1 amide bonds. The van der Waals surface area contributed by atoms with Gasteiger partial charge < -0.3 is 10.1 Å². The minimum atomic E-state index is -0.308. The molecular weight excluding hydrogens is 284 g/mol. The molecule has 0 fully saturated rings. The van der Waals surface area contributed by atoms with Gasteiger partial charge in [-0.2, -0.15) is 0 Å². The van der Waals surface area contributed by atoms with E-state index in [1.54, 1.807) is 24.3 Å². The first-order valence-electron chi connectivity index (χ1n) is 6.42. The van der Waals surface area contributed by atoms with Gasteiger partial charge in [-0.15, -0.1) is 0 Å². The van der Waals surface area contributed by atoms with Crippen molar-refractivity contribution in [3.8, 4) is 5.75 Å². The molecule has 0 atom stereocenters. The average molecular weight is 300 g/mol. The van der Waals surface area contributed by atoms with E-state index in [4.69, 9.17) is 17.0 Å². The third-order valence-corrected chi connectivity index (χ3v) is 3.06. The molecule has 0 radical (unpaired) electrons. The molecule has 0 aliphatic carbocycles. The zero-order valence-corrected chi connectivity index (χ0v) is 12.7. The summed E-state index contributed by atoms with van der Waals surface area (Å²) in [6.07, 6.45) is 0. The Kier molecular flexibility index (Phi) is 4.90. The maximum atomic E-state index is 12.2. The van der Waals surface area contributed by atoms with Crippen molar-refractivity contribution < 1.29 is 9.53 Å². The van der Waals surface area contributed by atoms with Crippen LogP contribution in [0.1, 0.15) is 15.9 Å². The molecule has 108 valence electrons. The number of amides is 1. The molecule has 5 heteroatoms. The number of para-hydroxylation sites is 1. The Bertz CT molecular complexity index is 671. The lowest BCUT2D eigenvalue weighted by Gasteiger charge is -2.11. The number of ether oxygens (including phenoxy) is 1. The smallest absolute Gasteiger partial charge is 0.261 e. The van der Waals surface area contributed by atoms with Crippen molar-refractivity contribution in [1.82, 2.24) is 5.32 Å². The van der Waals surface area contributed by atoms with E-state index in [1.165, 1.54) is 7.11 Å². The van der Waals surface area contributed by atoms with E-state index in [-0.39, 0.29) is 11.0 Å². The third-order valence-electron chi connectivity index (χ3n) is 2.85. The second kappa shape index (κ2) is 6.85. The predicted octanol–water partition coefficient (Wildman–Crippen LogP) is 3.13. The second-order valence-corrected chi connectivity index (χ2v) is 4.89. The number of hydrogen-bond donors (Lipinski definition) is 2. The summed E-state index contributed by atoms with van der Waals surface area (Å²) in [6.45, 7) is 1.99. The van der Waals surface area contributed by atoms with Crippen molar-refractivity contribution in [3.63, 3.8) is 0 Å². The Morgan fingerprint density at radius 2 is 1.90 bits per heavy atom. The van der Waals surface area contributed by atoms with Crippen LogP contribution in [0, 0.1) is 6.92 Å². The number of methoxy groups -OCH3 is 1. The molecule has 0 heterocycles. The number of carbonyl (C=O) groups excluding carboxylic acids is 1. The van der Waals surface area contributed by atoms with Gasteiger partial charge in [0.15, 0.2) is 5.11 Å². The molecule has 0 aliphatic heterocycles. The quantitative estimate of drug-likeness (QED) is 0.855. The second-order valence-electron chi connectivity index (χ2n) is 4.48. The predicted molar refractivity (Wildman–Crippen MR) is 87.9 cm³/mol. The first kappa shape index (κ1) is 15.0. The number of hydrogen-bond acceptors (Lipinski definition) is 3. The van der Waals surface area contributed by atoms with Gasteiger partial charge >= 0.3 is 0 Å². The van der Waals surface area contributed by atoms with Gasteiger partial charge in [0.05, 0.1) is 12.7 Å². The van der Waals surface area contributed by atoms with Crippen LogP contribution in [0.3, 0.4) is 0 Å². The largest absolute Gasteiger partial charge is 0.496 e. The third kappa shape index (κ3) is 4.03. The molecule has 0 aromatic heterocycles. The van der Waals surface area contributed by atoms with Gasteiger partial charge in [-0.1, -0.05) is 24.3 Å². The number of aryl methyl sites for hydroxylation is 1. The van der Waals surface area contributed by atoms with Gasteiger partial charge in [-0.3, -0.25) is 10.1 Å². The molecule has 0 spiro atoms. The number of carbonyl (C=O) groups is 1. The Morgan fingerprint density at radius 3 is 2.62 bits per heavy atom. The lowest BCUT2D eigenvalue weighted by molar-refractivity contribution is 0.0975. The molecule has 2 aromatic carbocycles. The highest BCUT2D eigenvalue weighted by molar-refractivity contribution is 7.80. The van der Waals surface area contributed by atoms with Crippen LogP contribution in [0.25, 0.3) is 0 Å². The highest BCUT2D eigenvalue weighted by Gasteiger charge is 2.12. The number of anilines is 1. The molecule has 2 rings (SSSR count). The summed E-state index contributed by atoms with van der Waals surface area (Å²) in [7, 11) is 1.52. The highest BCUT2D eigenvalue weighted by atomic mass is 32.1. The Hall–Kier alpha value is -2.40. The monoisotopic (exact) mass is 300 g/mol. The SMILES string of the molecule is COc1ccccc1C(=O)NC(=S)Nc1cccc(C)c1. The van der Waals surface area contributed by atoms with Crippen molar-refractivity contribution in [3.05, 3.63) is 59.7 Å². The number of thiocarbonyl (C=S) groups is 1. The zero-order chi connectivity index (χ0) is 15.2. The van der Waals surface area contributed by atoms with Crippen LogP contribution in [0.15, 0.2) is 48.5 Å². The Labute approximate surface area is 129 Å². The van der Waals surface area contributed by atoms with Crippen molar-refractivity contribution in [1.29, 1.82) is 0 Å². The summed E-state index contributed by atoms with van der Waals surface area (Å²) < 4.78 is 5.16. The molecule has 21 heavy (non-hydrogen) atoms. The van der Waals surface area contributed by atoms with Crippen molar-refractivity contribution in [2.24, 2.45) is 0 Å². The van der Waals surface area contributed by atoms with Gasteiger partial charge in [0.25, 0.3) is 5.91 Å². The Morgan fingerprint density at radius 1 is 1.14 bits per heavy atom. The summed E-state index contributed by atoms with van der Waals surface area (Å²) in [5, 5.41) is 5.87. The van der Waals surface area contributed by atoms with Crippen LogP contribution >= 0.6 is 12.2 Å². The van der Waals surface area contributed by atoms with E-state index in [0.717, 1.165) is 11.3 Å². The van der Waals surface area contributed by atoms with Crippen LogP contribution in [0.2, 0.25) is 0 Å². The van der Waals surface area contributed by atoms with Crippen LogP contribution in [0.5, 0.6) is 5.75 Å². The number of benzene rings is 2. The molecular formula is C16H16N2O2S. The molecule has 2 aromatic rings. The molecule has 0 bridgehead atoms. The van der Waals surface area contributed by atoms with E-state index in [1.807, 2.05) is 31.2 Å². The van der Waals surface area contributed by atoms with Gasteiger partial charge in [0.2, 0.25) is 0 Å². The molecule has 0 aliphatic rings. The van der Waals surface area contributed by atoms with Crippen LogP contribution in [-0.4, -0.2) is 18.1 Å². The minimum absolute atomic E-state index is 0.247. The maximum absolute atomic E-state index is 12.2. The van der Waals surface area contributed by atoms with Gasteiger partial charge in [0, 0.05) is 5.69 Å². The molecule has 4 nitrogen and oxygen atoms in total. The fourth-order valence-electron chi connectivity index (χ4n) is 1.89. The fraction of sp³-hybridized carbons (Fsp3) is 0.125. The summed E-state index contributed by atoms with van der Waals surface area (Å²) in [6, 6.07) is 14.7. The summed E-state index contributed by atoms with van der Waals surface area (Å²) in [5.41, 5.74) is 2.38. The van der Waals surface area contributed by atoms with Crippen molar-refractivity contribution in [2.75, 3.05) is 12.4 Å². The van der Waals surface area contributed by atoms with Crippen LogP contribution in [0.4, 0.5) is 5.69 Å². The van der Waals surface area contributed by atoms with E-state index in [0.29, 0.717) is 11.3 Å². The zero-order valence-electron chi connectivity index (χ0n) is 11.8. The minimum Gasteiger partial charge on any atom is -0.496 e. The summed E-state index contributed by atoms with van der Waals surface area (Å²) in [4.78, 5) is 12.2. The number of nitrogens with one attached hydrogen (secondary N) is 2. The molecule has 0 saturated heterocycles. The van der Waals surface area contributed by atoms with Crippen molar-refractivity contribution in [2.45, 2.75) is 6.92 Å². The summed E-state index contributed by atoms with van der Waals surface area (Å²) >= 11 is 5.15. The van der Waals surface area contributed by atoms with Gasteiger partial charge in [0.1, 0.15) is 5.75 Å². The lowest BCUT2D eigenvalue weighted by Crippen LogP contribution is -2.34. The van der Waals surface area contributed by atoms with E-state index in [2.05, 4.69) is 10.6 Å². The molecule has 2 N–H and O–H groups in total. The average Bonchev–Trinajstić information content (AvgIpc) is 2.47. The van der Waals surface area contributed by atoms with Gasteiger partial charge in [-0.05, 0) is 49.0 Å². The van der Waals surface area contributed by atoms with E-state index in [9.17, 15) is 4.79 Å². The van der Waals surface area contributed by atoms with Crippen molar-refractivity contribution >= 4 is 28.9 Å². The molecule has 0 unspecified atom stereocenters. The normalized spacial score (nSPS) is 9.81. The molecule has 0 saturated carbocycles. The van der Waals surface area contributed by atoms with E-state index < -0.39 is 0 Å². The fourth-order valence-corrected chi connectivity index (χ4v) is 2.10. The summed E-state index contributed by atoms with van der Waals surface area (Å²) in [5.74, 6) is 0.200. The standard InChI is InChI=1S/C16H16N2O2S/c1-11-6-5-7-12(10-11)17-16(21)18-15(19)13-8-3-4-9-14(13)20-2/h3-10H,1-2H3,(H2,17,18,19,21). The first-order chi connectivity index (χ1) is 10.1. The lowest BCUT2D eigenvalue weighted by atomic mass is 10.2. The van der Waals surface area contributed by atoms with Crippen LogP contribution in [-0.2, 0) is 0 Å². The van der Waals surface area contributed by atoms with Gasteiger partial charge in [-0.25, -0.2) is 0 Å². The number of rotatable bonds is 3. The maximum Gasteiger partial charge on any atom is 0.261 e.